The van der Waals surface area contributed by atoms with Crippen LogP contribution in [0.2, 0.25) is 0 Å². The number of nitrogens with zero attached hydrogens (tertiary/aromatic N) is 1. The first-order valence-electron chi connectivity index (χ1n) is 11.1. The maximum Gasteiger partial charge on any atom is 0.328 e. The Morgan fingerprint density at radius 3 is 1.94 bits per heavy atom. The Kier molecular flexibility index (Phi) is 13.9. The topological polar surface area (TPSA) is 273 Å². The second-order valence-electron chi connectivity index (χ2n) is 8.15. The van der Waals surface area contributed by atoms with Crippen molar-refractivity contribution in [2.24, 2.45) is 28.1 Å². The van der Waals surface area contributed by atoms with Crippen molar-refractivity contribution < 1.29 is 39.3 Å². The van der Waals surface area contributed by atoms with Crippen molar-refractivity contribution in [1.29, 1.82) is 0 Å². The van der Waals surface area contributed by atoms with E-state index in [-0.39, 0.29) is 18.9 Å². The van der Waals surface area contributed by atoms with Crippen LogP contribution in [-0.4, -0.2) is 87.8 Å². The van der Waals surface area contributed by atoms with Gasteiger partial charge < -0.3 is 48.5 Å². The number of carbonyl (C=O) groups is 5. The van der Waals surface area contributed by atoms with E-state index in [4.69, 9.17) is 27.4 Å². The minimum absolute atomic E-state index is 0.0976. The number of aliphatic imine (C=N–C) groups is 1. The Labute approximate surface area is 202 Å². The Morgan fingerprint density at radius 1 is 0.914 bits per heavy atom. The van der Waals surface area contributed by atoms with Crippen LogP contribution in [0, 0.1) is 5.92 Å². The lowest BCUT2D eigenvalue weighted by Crippen LogP contribution is -2.59. The summed E-state index contributed by atoms with van der Waals surface area (Å²) in [6.45, 7) is 4.80. The number of carboxylic acid groups (broad SMARTS) is 2. The predicted octanol–water partition coefficient (Wildman–Crippen LogP) is -3.19. The summed E-state index contributed by atoms with van der Waals surface area (Å²) >= 11 is 0. The summed E-state index contributed by atoms with van der Waals surface area (Å²) < 4.78 is 0. The monoisotopic (exact) mass is 503 g/mol. The van der Waals surface area contributed by atoms with Crippen molar-refractivity contribution in [1.82, 2.24) is 16.0 Å². The van der Waals surface area contributed by atoms with E-state index in [1.807, 2.05) is 5.32 Å². The fourth-order valence-electron chi connectivity index (χ4n) is 2.90. The zero-order valence-corrected chi connectivity index (χ0v) is 20.1. The molecule has 15 heteroatoms. The first kappa shape index (κ1) is 31.5. The highest BCUT2D eigenvalue weighted by atomic mass is 16.4. The largest absolute Gasteiger partial charge is 0.481 e. The van der Waals surface area contributed by atoms with Crippen molar-refractivity contribution in [3.63, 3.8) is 0 Å². The lowest BCUT2D eigenvalue weighted by atomic mass is 9.97. The molecule has 0 heterocycles. The molecule has 0 spiro atoms. The third kappa shape index (κ3) is 12.0. The number of rotatable bonds is 16. The minimum Gasteiger partial charge on any atom is -0.481 e. The number of hydrogen-bond acceptors (Lipinski definition) is 8. The Balaban J connectivity index is 5.46. The van der Waals surface area contributed by atoms with Crippen LogP contribution in [-0.2, 0) is 24.0 Å². The number of aliphatic carboxylic acids is 2. The van der Waals surface area contributed by atoms with E-state index in [1.165, 1.54) is 0 Å². The van der Waals surface area contributed by atoms with Crippen LogP contribution in [0.15, 0.2) is 4.99 Å². The molecule has 0 fully saturated rings. The molecular weight excluding hydrogens is 466 g/mol. The molecule has 0 aliphatic carbocycles. The van der Waals surface area contributed by atoms with E-state index in [1.54, 1.807) is 13.8 Å². The van der Waals surface area contributed by atoms with Crippen LogP contribution in [0.1, 0.15) is 46.5 Å². The van der Waals surface area contributed by atoms with Crippen molar-refractivity contribution >= 4 is 35.6 Å². The predicted molar refractivity (Wildman–Crippen MR) is 125 cm³/mol. The normalized spacial score (nSPS) is 15.9. The van der Waals surface area contributed by atoms with Crippen LogP contribution in [0.5, 0.6) is 0 Å². The minimum atomic E-state index is -1.72. The van der Waals surface area contributed by atoms with Crippen LogP contribution < -0.4 is 33.2 Å². The number of hydrogen-bond donors (Lipinski definition) is 9. The fraction of sp³-hybridized carbons (Fsp3) is 0.700. The number of amides is 3. The number of aliphatic hydroxyl groups excluding tert-OH is 1. The second kappa shape index (κ2) is 15.4. The zero-order valence-electron chi connectivity index (χ0n) is 20.1. The third-order valence-electron chi connectivity index (χ3n) is 5.16. The summed E-state index contributed by atoms with van der Waals surface area (Å²) in [5, 5.41) is 34.6. The van der Waals surface area contributed by atoms with Gasteiger partial charge in [-0.15, -0.1) is 0 Å². The lowest BCUT2D eigenvalue weighted by molar-refractivity contribution is -0.146. The average molecular weight is 504 g/mol. The molecule has 0 aromatic heterocycles. The highest BCUT2D eigenvalue weighted by Gasteiger charge is 2.34. The molecule has 6 unspecified atom stereocenters. The molecule has 200 valence electrons. The highest BCUT2D eigenvalue weighted by Crippen LogP contribution is 2.10. The molecule has 0 aliphatic rings. The second-order valence-corrected chi connectivity index (χ2v) is 8.15. The molecule has 15 nitrogen and oxygen atoms in total. The molecule has 0 saturated carbocycles. The molecule has 0 aromatic carbocycles. The number of guanidine groups is 1. The van der Waals surface area contributed by atoms with Crippen LogP contribution in [0.3, 0.4) is 0 Å². The lowest BCUT2D eigenvalue weighted by Gasteiger charge is -2.27. The molecule has 0 aliphatic heterocycles. The molecule has 12 N–H and O–H groups in total. The Bertz CT molecular complexity index is 785. The van der Waals surface area contributed by atoms with Gasteiger partial charge in [-0.3, -0.25) is 24.2 Å². The quantitative estimate of drug-likeness (QED) is 0.0574. The van der Waals surface area contributed by atoms with Crippen molar-refractivity contribution in [3.05, 3.63) is 0 Å². The first-order chi connectivity index (χ1) is 16.2. The molecule has 3 amide bonds. The van der Waals surface area contributed by atoms with E-state index in [2.05, 4.69) is 15.6 Å². The summed E-state index contributed by atoms with van der Waals surface area (Å²) in [7, 11) is 0. The van der Waals surface area contributed by atoms with Crippen LogP contribution in [0.25, 0.3) is 0 Å². The molecule has 0 aromatic rings. The van der Waals surface area contributed by atoms with Crippen molar-refractivity contribution in [3.8, 4) is 0 Å². The number of carbonyl (C=O) groups excluding carboxylic acids is 3. The average Bonchev–Trinajstić information content (AvgIpc) is 2.75. The van der Waals surface area contributed by atoms with Gasteiger partial charge >= 0.3 is 11.9 Å². The van der Waals surface area contributed by atoms with Crippen molar-refractivity contribution in [2.45, 2.75) is 76.7 Å². The summed E-state index contributed by atoms with van der Waals surface area (Å²) in [5.74, 6) is -6.14. The van der Waals surface area contributed by atoms with Gasteiger partial charge in [0.25, 0.3) is 0 Å². The van der Waals surface area contributed by atoms with E-state index in [0.717, 1.165) is 6.92 Å². The number of carboxylic acids is 2. The number of nitrogens with two attached hydrogens (primary N) is 3. The zero-order chi connectivity index (χ0) is 27.3. The molecule has 0 saturated heterocycles. The standard InChI is InChI=1S/C20H37N7O8/c1-4-9(2)14(26-16(31)11(21)6-5-7-24-20(22)23)18(33)25-12(8-13(29)30)17(32)27-15(10(3)28)19(34)35/h9-12,14-15,28H,4-8,21H2,1-3H3,(H,25,33)(H,26,31)(H,27,32)(H,29,30)(H,34,35)(H4,22,23,24). The van der Waals surface area contributed by atoms with Gasteiger partial charge in [0.15, 0.2) is 12.0 Å². The smallest absolute Gasteiger partial charge is 0.328 e. The maximum atomic E-state index is 12.9. The summed E-state index contributed by atoms with van der Waals surface area (Å²) in [5.41, 5.74) is 16.3. The Hall–Kier alpha value is -3.46. The van der Waals surface area contributed by atoms with Gasteiger partial charge in [0, 0.05) is 6.54 Å². The first-order valence-corrected chi connectivity index (χ1v) is 11.1. The number of nitrogens with one attached hydrogen (secondary N) is 3. The van der Waals surface area contributed by atoms with Crippen LogP contribution >= 0.6 is 0 Å². The SMILES string of the molecule is CCC(C)C(NC(=O)C(N)CCCN=C(N)N)C(=O)NC(CC(=O)O)C(=O)NC(C(=O)O)C(C)O. The summed E-state index contributed by atoms with van der Waals surface area (Å²) in [6.07, 6.45) is -1.29. The molecule has 0 bridgehead atoms. The Morgan fingerprint density at radius 2 is 1.49 bits per heavy atom. The van der Waals surface area contributed by atoms with Gasteiger partial charge in [0.1, 0.15) is 12.1 Å². The fourth-order valence-corrected chi connectivity index (χ4v) is 2.90. The van der Waals surface area contributed by atoms with Crippen molar-refractivity contribution in [2.75, 3.05) is 6.54 Å². The molecule has 0 rings (SSSR count). The summed E-state index contributed by atoms with van der Waals surface area (Å²) in [6, 6.07) is -5.54. The maximum absolute atomic E-state index is 12.9. The molecular formula is C20H37N7O8. The highest BCUT2D eigenvalue weighted by molar-refractivity contribution is 5.95. The third-order valence-corrected chi connectivity index (χ3v) is 5.16. The molecule has 35 heavy (non-hydrogen) atoms. The number of aliphatic hydroxyl groups is 1. The molecule has 6 atom stereocenters. The van der Waals surface area contributed by atoms with Gasteiger partial charge in [-0.2, -0.15) is 0 Å². The van der Waals surface area contributed by atoms with Crippen LogP contribution in [0.4, 0.5) is 0 Å². The van der Waals surface area contributed by atoms with Gasteiger partial charge in [-0.1, -0.05) is 20.3 Å². The van der Waals surface area contributed by atoms with Gasteiger partial charge in [0.05, 0.1) is 18.6 Å². The molecule has 0 radical (unpaired) electrons. The van der Waals surface area contributed by atoms with E-state index < -0.39 is 72.3 Å². The van der Waals surface area contributed by atoms with Gasteiger partial charge in [0.2, 0.25) is 17.7 Å². The van der Waals surface area contributed by atoms with Gasteiger partial charge in [-0.25, -0.2) is 4.79 Å². The summed E-state index contributed by atoms with van der Waals surface area (Å²) in [4.78, 5) is 64.2. The van der Waals surface area contributed by atoms with E-state index in [0.29, 0.717) is 12.8 Å². The van der Waals surface area contributed by atoms with E-state index >= 15 is 0 Å². The van der Waals surface area contributed by atoms with E-state index in [9.17, 15) is 29.1 Å². The van der Waals surface area contributed by atoms with Gasteiger partial charge in [-0.05, 0) is 25.7 Å².